The molecule has 0 aliphatic heterocycles. The van der Waals surface area contributed by atoms with Gasteiger partial charge in [-0.2, -0.15) is 0 Å². The zero-order chi connectivity index (χ0) is 11.4. The summed E-state index contributed by atoms with van der Waals surface area (Å²) in [6.45, 7) is 3.53. The second-order valence-corrected chi connectivity index (χ2v) is 3.99. The predicted molar refractivity (Wildman–Crippen MR) is 64.4 cm³/mol. The van der Waals surface area contributed by atoms with Crippen LogP contribution in [0.15, 0.2) is 34.7 Å². The van der Waals surface area contributed by atoms with Crippen molar-refractivity contribution in [3.8, 4) is 0 Å². The van der Waals surface area contributed by atoms with Crippen LogP contribution in [0.25, 0.3) is 11.0 Å². The standard InChI is InChI=1S/C13H17NO2/c1-10(9-15-2)14-8-12-7-11-5-3-4-6-13(11)16-12/h3-7,10,14H,8-9H2,1-2H3. The van der Waals surface area contributed by atoms with Crippen molar-refractivity contribution < 1.29 is 9.15 Å². The molecule has 0 spiro atoms. The molecule has 1 heterocycles. The van der Waals surface area contributed by atoms with Gasteiger partial charge >= 0.3 is 0 Å². The van der Waals surface area contributed by atoms with Gasteiger partial charge < -0.3 is 14.5 Å². The highest BCUT2D eigenvalue weighted by atomic mass is 16.5. The number of ether oxygens (including phenoxy) is 1. The first kappa shape index (κ1) is 11.2. The van der Waals surface area contributed by atoms with Crippen molar-refractivity contribution in [2.45, 2.75) is 19.5 Å². The van der Waals surface area contributed by atoms with Gasteiger partial charge in [0.15, 0.2) is 0 Å². The average Bonchev–Trinajstić information content (AvgIpc) is 2.69. The Morgan fingerprint density at radius 3 is 2.94 bits per heavy atom. The molecule has 86 valence electrons. The van der Waals surface area contributed by atoms with Crippen molar-refractivity contribution in [2.24, 2.45) is 0 Å². The predicted octanol–water partition coefficient (Wildman–Crippen LogP) is 2.56. The molecule has 2 aromatic rings. The van der Waals surface area contributed by atoms with Crippen LogP contribution in [-0.4, -0.2) is 19.8 Å². The van der Waals surface area contributed by atoms with Gasteiger partial charge in [0.25, 0.3) is 0 Å². The summed E-state index contributed by atoms with van der Waals surface area (Å²) in [4.78, 5) is 0. The fraction of sp³-hybridized carbons (Fsp3) is 0.385. The summed E-state index contributed by atoms with van der Waals surface area (Å²) in [5.74, 6) is 0.962. The van der Waals surface area contributed by atoms with Gasteiger partial charge in [0.2, 0.25) is 0 Å². The second-order valence-electron chi connectivity index (χ2n) is 3.99. The lowest BCUT2D eigenvalue weighted by molar-refractivity contribution is 0.170. The Hall–Kier alpha value is -1.32. The van der Waals surface area contributed by atoms with Crippen LogP contribution < -0.4 is 5.32 Å². The van der Waals surface area contributed by atoms with E-state index in [1.54, 1.807) is 7.11 Å². The molecule has 0 bridgehead atoms. The molecule has 0 saturated heterocycles. The molecule has 3 nitrogen and oxygen atoms in total. The minimum absolute atomic E-state index is 0.332. The lowest BCUT2D eigenvalue weighted by atomic mass is 10.2. The Morgan fingerprint density at radius 1 is 1.38 bits per heavy atom. The Kier molecular flexibility index (Phi) is 3.59. The van der Waals surface area contributed by atoms with Crippen LogP contribution in [0.2, 0.25) is 0 Å². The van der Waals surface area contributed by atoms with Crippen LogP contribution in [0.1, 0.15) is 12.7 Å². The number of hydrogen-bond donors (Lipinski definition) is 1. The fourth-order valence-corrected chi connectivity index (χ4v) is 1.71. The summed E-state index contributed by atoms with van der Waals surface area (Å²) in [7, 11) is 1.71. The topological polar surface area (TPSA) is 34.4 Å². The van der Waals surface area contributed by atoms with Gasteiger partial charge in [-0.15, -0.1) is 0 Å². The van der Waals surface area contributed by atoms with Gasteiger partial charge in [0, 0.05) is 18.5 Å². The molecule has 1 N–H and O–H groups in total. The van der Waals surface area contributed by atoms with Crippen molar-refractivity contribution in [1.29, 1.82) is 0 Å². The van der Waals surface area contributed by atoms with Gasteiger partial charge in [-0.3, -0.25) is 0 Å². The van der Waals surface area contributed by atoms with E-state index in [9.17, 15) is 0 Å². The van der Waals surface area contributed by atoms with E-state index in [2.05, 4.69) is 24.4 Å². The molecule has 0 saturated carbocycles. The molecule has 1 aromatic carbocycles. The maximum atomic E-state index is 5.69. The summed E-state index contributed by atoms with van der Waals surface area (Å²) >= 11 is 0. The number of benzene rings is 1. The molecule has 0 aliphatic carbocycles. The first-order valence-corrected chi connectivity index (χ1v) is 5.49. The third-order valence-electron chi connectivity index (χ3n) is 2.52. The first-order chi connectivity index (χ1) is 7.79. The monoisotopic (exact) mass is 219 g/mol. The number of para-hydroxylation sites is 1. The average molecular weight is 219 g/mol. The van der Waals surface area contributed by atoms with Gasteiger partial charge in [-0.1, -0.05) is 18.2 Å². The number of methoxy groups -OCH3 is 1. The highest BCUT2D eigenvalue weighted by molar-refractivity contribution is 5.77. The van der Waals surface area contributed by atoms with Crippen molar-refractivity contribution in [2.75, 3.05) is 13.7 Å². The summed E-state index contributed by atoms with van der Waals surface area (Å²) in [5.41, 5.74) is 0.943. The minimum Gasteiger partial charge on any atom is -0.460 e. The Labute approximate surface area is 95.4 Å². The van der Waals surface area contributed by atoms with Crippen LogP contribution >= 0.6 is 0 Å². The van der Waals surface area contributed by atoms with E-state index in [1.165, 1.54) is 0 Å². The molecular formula is C13H17NO2. The van der Waals surface area contributed by atoms with Crippen molar-refractivity contribution in [1.82, 2.24) is 5.32 Å². The molecule has 0 aliphatic rings. The third kappa shape index (κ3) is 2.62. The number of rotatable bonds is 5. The van der Waals surface area contributed by atoms with Crippen LogP contribution in [0.5, 0.6) is 0 Å². The first-order valence-electron chi connectivity index (χ1n) is 5.49. The molecule has 1 unspecified atom stereocenters. The quantitative estimate of drug-likeness (QED) is 0.839. The highest BCUT2D eigenvalue weighted by Crippen LogP contribution is 2.18. The Morgan fingerprint density at radius 2 is 2.19 bits per heavy atom. The highest BCUT2D eigenvalue weighted by Gasteiger charge is 2.05. The lowest BCUT2D eigenvalue weighted by Crippen LogP contribution is -2.29. The lowest BCUT2D eigenvalue weighted by Gasteiger charge is -2.10. The fourth-order valence-electron chi connectivity index (χ4n) is 1.71. The molecule has 1 atom stereocenters. The molecule has 16 heavy (non-hydrogen) atoms. The largest absolute Gasteiger partial charge is 0.460 e. The second kappa shape index (κ2) is 5.14. The minimum atomic E-state index is 0.332. The van der Waals surface area contributed by atoms with E-state index in [4.69, 9.17) is 9.15 Å². The number of nitrogens with one attached hydrogen (secondary N) is 1. The van der Waals surface area contributed by atoms with E-state index in [-0.39, 0.29) is 0 Å². The van der Waals surface area contributed by atoms with E-state index in [1.807, 2.05) is 18.2 Å². The van der Waals surface area contributed by atoms with Crippen LogP contribution in [0.4, 0.5) is 0 Å². The normalized spacial score (nSPS) is 13.1. The van der Waals surface area contributed by atoms with Gasteiger partial charge in [0.05, 0.1) is 13.2 Å². The zero-order valence-electron chi connectivity index (χ0n) is 9.69. The third-order valence-corrected chi connectivity index (χ3v) is 2.52. The molecule has 3 heteroatoms. The summed E-state index contributed by atoms with van der Waals surface area (Å²) < 4.78 is 10.8. The molecular weight excluding hydrogens is 202 g/mol. The van der Waals surface area contributed by atoms with Gasteiger partial charge in [-0.25, -0.2) is 0 Å². The van der Waals surface area contributed by atoms with E-state index >= 15 is 0 Å². The van der Waals surface area contributed by atoms with Crippen LogP contribution in [-0.2, 0) is 11.3 Å². The summed E-state index contributed by atoms with van der Waals surface area (Å²) in [6, 6.07) is 10.4. The van der Waals surface area contributed by atoms with Gasteiger partial charge in [-0.05, 0) is 19.1 Å². The number of furan rings is 1. The summed E-state index contributed by atoms with van der Waals surface area (Å²) in [6.07, 6.45) is 0. The Balaban J connectivity index is 1.99. The molecule has 0 radical (unpaired) electrons. The zero-order valence-corrected chi connectivity index (χ0v) is 9.69. The van der Waals surface area contributed by atoms with E-state index < -0.39 is 0 Å². The smallest absolute Gasteiger partial charge is 0.134 e. The molecule has 0 amide bonds. The number of hydrogen-bond acceptors (Lipinski definition) is 3. The van der Waals surface area contributed by atoms with Crippen molar-refractivity contribution >= 4 is 11.0 Å². The van der Waals surface area contributed by atoms with Gasteiger partial charge in [0.1, 0.15) is 11.3 Å². The Bertz CT molecular complexity index is 417. The molecule has 2 rings (SSSR count). The SMILES string of the molecule is COCC(C)NCc1cc2ccccc2o1. The number of fused-ring (bicyclic) bond motifs is 1. The summed E-state index contributed by atoms with van der Waals surface area (Å²) in [5, 5.41) is 4.49. The van der Waals surface area contributed by atoms with Crippen LogP contribution in [0, 0.1) is 0 Å². The van der Waals surface area contributed by atoms with Crippen molar-refractivity contribution in [3.63, 3.8) is 0 Å². The van der Waals surface area contributed by atoms with E-state index in [0.29, 0.717) is 12.6 Å². The maximum absolute atomic E-state index is 5.69. The maximum Gasteiger partial charge on any atom is 0.134 e. The van der Waals surface area contributed by atoms with E-state index in [0.717, 1.165) is 23.3 Å². The molecule has 0 fully saturated rings. The molecule has 1 aromatic heterocycles. The van der Waals surface area contributed by atoms with Crippen molar-refractivity contribution in [3.05, 3.63) is 36.1 Å². The van der Waals surface area contributed by atoms with Crippen LogP contribution in [0.3, 0.4) is 0 Å².